The molecule has 0 bridgehead atoms. The molecule has 53 heavy (non-hydrogen) atoms. The maximum Gasteiger partial charge on any atom is 0.414 e. The van der Waals surface area contributed by atoms with E-state index in [9.17, 15) is 14.7 Å². The molecule has 0 aliphatic carbocycles. The van der Waals surface area contributed by atoms with E-state index in [1.165, 1.54) is 5.56 Å². The van der Waals surface area contributed by atoms with Gasteiger partial charge in [0.15, 0.2) is 0 Å². The number of nitrogens with zero attached hydrogens (tertiary/aromatic N) is 2. The average molecular weight is 713 g/mol. The Hall–Kier alpha value is -5.76. The number of phenols is 1. The van der Waals surface area contributed by atoms with Crippen LogP contribution in [-0.2, 0) is 28.9 Å². The highest BCUT2D eigenvalue weighted by molar-refractivity contribution is 5.92. The van der Waals surface area contributed by atoms with E-state index < -0.39 is 11.2 Å². The lowest BCUT2D eigenvalue weighted by Crippen LogP contribution is -2.35. The van der Waals surface area contributed by atoms with E-state index in [1.54, 1.807) is 21.9 Å². The second-order valence-electron chi connectivity index (χ2n) is 15.3. The van der Waals surface area contributed by atoms with Gasteiger partial charge in [0.1, 0.15) is 29.3 Å². The molecule has 8 nitrogen and oxygen atoms in total. The Labute approximate surface area is 312 Å². The van der Waals surface area contributed by atoms with Crippen LogP contribution in [0.5, 0.6) is 11.5 Å². The lowest BCUT2D eigenvalue weighted by atomic mass is 10.0. The molecule has 0 saturated carbocycles. The summed E-state index contributed by atoms with van der Waals surface area (Å²) in [7, 11) is 0. The molecule has 0 fully saturated rings. The molecule has 8 heteroatoms. The molecule has 2 amide bonds. The van der Waals surface area contributed by atoms with Crippen LogP contribution in [0.3, 0.4) is 0 Å². The molecule has 0 atom stereocenters. The minimum atomic E-state index is -0.496. The molecular weight excluding hydrogens is 665 g/mol. The monoisotopic (exact) mass is 712 g/mol. The summed E-state index contributed by atoms with van der Waals surface area (Å²) < 4.78 is 16.9. The number of carbonyl (C=O) groups excluding carboxylic acids is 2. The Morgan fingerprint density at radius 1 is 0.585 bits per heavy atom. The summed E-state index contributed by atoms with van der Waals surface area (Å²) in [5, 5.41) is 9.39. The van der Waals surface area contributed by atoms with Crippen molar-refractivity contribution in [3.05, 3.63) is 132 Å². The van der Waals surface area contributed by atoms with E-state index in [2.05, 4.69) is 42.5 Å². The number of ether oxygens (including phenoxy) is 3. The van der Waals surface area contributed by atoms with Crippen molar-refractivity contribution in [2.75, 3.05) is 22.9 Å². The molecule has 0 spiro atoms. The SMILES string of the molecule is CC(C)(C)OC(=O)N1CCc2cc(-c3ccc(O)cc3)ccc21.CC(C)(C)OC(=O)N1CCc2cc(-c3ccc(OCc4ccccc4)cc3)ccc21. The van der Waals surface area contributed by atoms with Crippen LogP contribution in [0.2, 0.25) is 0 Å². The molecule has 5 aromatic rings. The Balaban J connectivity index is 0.000000188. The van der Waals surface area contributed by atoms with Gasteiger partial charge in [-0.2, -0.15) is 0 Å². The number of aromatic hydroxyl groups is 1. The van der Waals surface area contributed by atoms with Crippen molar-refractivity contribution in [3.8, 4) is 33.8 Å². The topological polar surface area (TPSA) is 88.5 Å². The normalized spacial score (nSPS) is 13.4. The highest BCUT2D eigenvalue weighted by atomic mass is 16.6. The zero-order valence-corrected chi connectivity index (χ0v) is 31.4. The van der Waals surface area contributed by atoms with Crippen molar-refractivity contribution < 1.29 is 28.9 Å². The third-order valence-corrected chi connectivity index (χ3v) is 8.81. The van der Waals surface area contributed by atoms with E-state index in [0.717, 1.165) is 63.3 Å². The molecule has 0 saturated heterocycles. The number of benzene rings is 5. The summed E-state index contributed by atoms with van der Waals surface area (Å²) in [4.78, 5) is 28.2. The summed E-state index contributed by atoms with van der Waals surface area (Å²) in [6.07, 6.45) is 1.07. The predicted molar refractivity (Wildman–Crippen MR) is 211 cm³/mol. The molecule has 0 unspecified atom stereocenters. The molecule has 0 radical (unpaired) electrons. The fourth-order valence-electron chi connectivity index (χ4n) is 6.31. The Morgan fingerprint density at radius 3 is 1.47 bits per heavy atom. The number of hydrogen-bond donors (Lipinski definition) is 1. The number of amides is 2. The van der Waals surface area contributed by atoms with Gasteiger partial charge in [-0.05, 0) is 142 Å². The summed E-state index contributed by atoms with van der Waals surface area (Å²) in [5.74, 6) is 1.10. The van der Waals surface area contributed by atoms with Crippen LogP contribution in [0.4, 0.5) is 21.0 Å². The fraction of sp³-hybridized carbons (Fsp3) is 0.289. The lowest BCUT2D eigenvalue weighted by Gasteiger charge is -2.24. The van der Waals surface area contributed by atoms with Crippen LogP contribution >= 0.6 is 0 Å². The van der Waals surface area contributed by atoms with Crippen molar-refractivity contribution in [1.29, 1.82) is 0 Å². The summed E-state index contributed by atoms with van der Waals surface area (Å²) >= 11 is 0. The first-order valence-corrected chi connectivity index (χ1v) is 18.1. The minimum Gasteiger partial charge on any atom is -0.508 e. The summed E-state index contributed by atoms with van der Waals surface area (Å²) in [6.45, 7) is 13.1. The molecular formula is C45H48N2O6. The van der Waals surface area contributed by atoms with Gasteiger partial charge >= 0.3 is 12.2 Å². The fourth-order valence-corrected chi connectivity index (χ4v) is 6.31. The zero-order chi connectivity index (χ0) is 37.8. The number of hydrogen-bond acceptors (Lipinski definition) is 6. The molecule has 274 valence electrons. The average Bonchev–Trinajstić information content (AvgIpc) is 3.75. The number of rotatable bonds is 5. The summed E-state index contributed by atoms with van der Waals surface area (Å²) in [5.41, 5.74) is 8.71. The largest absolute Gasteiger partial charge is 0.508 e. The van der Waals surface area contributed by atoms with E-state index in [0.29, 0.717) is 19.7 Å². The molecule has 2 heterocycles. The van der Waals surface area contributed by atoms with Gasteiger partial charge < -0.3 is 19.3 Å². The van der Waals surface area contributed by atoms with Crippen LogP contribution in [0, 0.1) is 0 Å². The number of anilines is 2. The Kier molecular flexibility index (Phi) is 10.8. The number of carbonyl (C=O) groups is 2. The van der Waals surface area contributed by atoms with Gasteiger partial charge in [0.05, 0.1) is 11.4 Å². The molecule has 0 aromatic heterocycles. The van der Waals surface area contributed by atoms with Gasteiger partial charge in [-0.25, -0.2) is 9.59 Å². The first-order valence-electron chi connectivity index (χ1n) is 18.1. The van der Waals surface area contributed by atoms with Crippen molar-refractivity contribution in [3.63, 3.8) is 0 Å². The first-order chi connectivity index (χ1) is 25.2. The van der Waals surface area contributed by atoms with E-state index in [4.69, 9.17) is 14.2 Å². The predicted octanol–water partition coefficient (Wildman–Crippen LogP) is 10.6. The van der Waals surface area contributed by atoms with Gasteiger partial charge in [0, 0.05) is 13.1 Å². The van der Waals surface area contributed by atoms with E-state index in [-0.39, 0.29) is 17.9 Å². The zero-order valence-electron chi connectivity index (χ0n) is 31.4. The first kappa shape index (κ1) is 37.0. The van der Waals surface area contributed by atoms with Crippen LogP contribution < -0.4 is 14.5 Å². The van der Waals surface area contributed by atoms with E-state index >= 15 is 0 Å². The third-order valence-electron chi connectivity index (χ3n) is 8.81. The third kappa shape index (κ3) is 9.57. The van der Waals surface area contributed by atoms with Crippen LogP contribution in [-0.4, -0.2) is 41.6 Å². The second kappa shape index (κ2) is 15.5. The highest BCUT2D eigenvalue weighted by Gasteiger charge is 2.30. The molecule has 1 N–H and O–H groups in total. The maximum absolute atomic E-state index is 12.5. The summed E-state index contributed by atoms with van der Waals surface area (Å²) in [6, 6.07) is 37.7. The maximum atomic E-state index is 12.5. The van der Waals surface area contributed by atoms with Gasteiger partial charge in [-0.1, -0.05) is 66.7 Å². The van der Waals surface area contributed by atoms with Gasteiger partial charge in [0.2, 0.25) is 0 Å². The molecule has 5 aromatic carbocycles. The van der Waals surface area contributed by atoms with Gasteiger partial charge in [-0.3, -0.25) is 9.80 Å². The van der Waals surface area contributed by atoms with Crippen LogP contribution in [0.25, 0.3) is 22.3 Å². The highest BCUT2D eigenvalue weighted by Crippen LogP contribution is 2.35. The Morgan fingerprint density at radius 2 is 1.02 bits per heavy atom. The number of fused-ring (bicyclic) bond motifs is 2. The van der Waals surface area contributed by atoms with Crippen LogP contribution in [0.1, 0.15) is 58.2 Å². The van der Waals surface area contributed by atoms with Gasteiger partial charge in [0.25, 0.3) is 0 Å². The minimum absolute atomic E-state index is 0.256. The molecule has 2 aliphatic heterocycles. The number of phenolic OH excluding ortho intramolecular Hbond substituents is 1. The van der Waals surface area contributed by atoms with Crippen molar-refractivity contribution in [2.45, 2.75) is 72.2 Å². The standard InChI is InChI=1S/C26H27NO3.C19H21NO3/c1-26(2,3)30-25(28)27-16-15-22-17-21(11-14-24(22)27)20-9-12-23(13-10-20)29-18-19-7-5-4-6-8-19;1-19(2,3)23-18(22)20-11-10-15-12-14(6-9-17(15)20)13-4-7-16(21)8-5-13/h4-14,17H,15-16,18H2,1-3H3;4-9,12,21H,10-11H2,1-3H3. The molecule has 7 rings (SSSR count). The smallest absolute Gasteiger partial charge is 0.414 e. The lowest BCUT2D eigenvalue weighted by molar-refractivity contribution is 0.0573. The quantitative estimate of drug-likeness (QED) is 0.195. The Bertz CT molecular complexity index is 2050. The molecule has 2 aliphatic rings. The van der Waals surface area contributed by atoms with Crippen LogP contribution in [0.15, 0.2) is 115 Å². The van der Waals surface area contributed by atoms with E-state index in [1.807, 2.05) is 102 Å². The van der Waals surface area contributed by atoms with Crippen molar-refractivity contribution >= 4 is 23.6 Å². The second-order valence-corrected chi connectivity index (χ2v) is 15.3. The van der Waals surface area contributed by atoms with Crippen molar-refractivity contribution in [1.82, 2.24) is 0 Å². The van der Waals surface area contributed by atoms with Crippen molar-refractivity contribution in [2.24, 2.45) is 0 Å². The van der Waals surface area contributed by atoms with Gasteiger partial charge in [-0.15, -0.1) is 0 Å².